The van der Waals surface area contributed by atoms with Crippen LogP contribution in [-0.2, 0) is 9.59 Å². The van der Waals surface area contributed by atoms with Crippen LogP contribution in [0.5, 0.6) is 0 Å². The van der Waals surface area contributed by atoms with E-state index < -0.39 is 11.9 Å². The number of nitrogens with zero attached hydrogens (tertiary/aromatic N) is 1. The average Bonchev–Trinajstić information content (AvgIpc) is 3.13. The Morgan fingerprint density at radius 2 is 1.85 bits per heavy atom. The van der Waals surface area contributed by atoms with Crippen molar-refractivity contribution in [1.29, 1.82) is 0 Å². The zero-order valence-corrected chi connectivity index (χ0v) is 12.3. The summed E-state index contributed by atoms with van der Waals surface area (Å²) >= 11 is 0. The normalized spacial score (nSPS) is 39.1. The average molecular weight is 279 g/mol. The summed E-state index contributed by atoms with van der Waals surface area (Å²) < 4.78 is 0. The number of carboxylic acid groups (broad SMARTS) is 1. The lowest BCUT2D eigenvalue weighted by atomic mass is 9.88. The minimum absolute atomic E-state index is 0.0673. The van der Waals surface area contributed by atoms with Gasteiger partial charge in [0.05, 0.1) is 11.8 Å². The molecule has 0 aromatic carbocycles. The molecule has 1 amide bonds. The number of carbonyl (C=O) groups excluding carboxylic acids is 1. The van der Waals surface area contributed by atoms with Crippen molar-refractivity contribution in [2.45, 2.75) is 44.9 Å². The quantitative estimate of drug-likeness (QED) is 0.859. The van der Waals surface area contributed by atoms with Gasteiger partial charge < -0.3 is 10.0 Å². The molecule has 0 aromatic heterocycles. The van der Waals surface area contributed by atoms with E-state index in [4.69, 9.17) is 0 Å². The standard InChI is InChI=1S/C16H25NO3/c1-17(9-12-8-10-5-6-11(12)7-10)15(18)13-3-2-4-14(13)16(19)20/h10-14H,2-9H2,1H3,(H,19,20)/t10?,11?,12?,13-,14+/m1/s1. The van der Waals surface area contributed by atoms with Crippen molar-refractivity contribution >= 4 is 11.9 Å². The van der Waals surface area contributed by atoms with E-state index in [1.54, 1.807) is 0 Å². The molecule has 3 aliphatic carbocycles. The van der Waals surface area contributed by atoms with Crippen LogP contribution in [0, 0.1) is 29.6 Å². The lowest BCUT2D eigenvalue weighted by molar-refractivity contribution is -0.148. The van der Waals surface area contributed by atoms with Crippen molar-refractivity contribution in [2.75, 3.05) is 13.6 Å². The molecule has 3 saturated carbocycles. The van der Waals surface area contributed by atoms with E-state index in [2.05, 4.69) is 0 Å². The number of hydrogen-bond donors (Lipinski definition) is 1. The Hall–Kier alpha value is -1.06. The highest BCUT2D eigenvalue weighted by Crippen LogP contribution is 2.48. The van der Waals surface area contributed by atoms with Crippen LogP contribution in [-0.4, -0.2) is 35.5 Å². The molecule has 0 radical (unpaired) electrons. The van der Waals surface area contributed by atoms with Gasteiger partial charge in [0.1, 0.15) is 0 Å². The predicted molar refractivity (Wildman–Crippen MR) is 75.0 cm³/mol. The van der Waals surface area contributed by atoms with Crippen molar-refractivity contribution in [3.8, 4) is 0 Å². The molecule has 0 heterocycles. The van der Waals surface area contributed by atoms with Crippen LogP contribution >= 0.6 is 0 Å². The summed E-state index contributed by atoms with van der Waals surface area (Å²) in [6.07, 6.45) is 7.62. The highest BCUT2D eigenvalue weighted by Gasteiger charge is 2.42. The number of carbonyl (C=O) groups is 2. The van der Waals surface area contributed by atoms with E-state index in [9.17, 15) is 14.7 Å². The van der Waals surface area contributed by atoms with Gasteiger partial charge in [-0.25, -0.2) is 0 Å². The first kappa shape index (κ1) is 13.9. The summed E-state index contributed by atoms with van der Waals surface area (Å²) in [5.74, 6) is 0.904. The van der Waals surface area contributed by atoms with Crippen LogP contribution in [0.4, 0.5) is 0 Å². The molecule has 4 nitrogen and oxygen atoms in total. The topological polar surface area (TPSA) is 57.6 Å². The Labute approximate surface area is 120 Å². The molecule has 0 aliphatic heterocycles. The van der Waals surface area contributed by atoms with Gasteiger partial charge in [0.2, 0.25) is 5.91 Å². The van der Waals surface area contributed by atoms with E-state index in [-0.39, 0.29) is 11.8 Å². The first-order valence-electron chi connectivity index (χ1n) is 8.04. The Bertz CT molecular complexity index is 409. The molecule has 3 aliphatic rings. The number of hydrogen-bond acceptors (Lipinski definition) is 2. The van der Waals surface area contributed by atoms with Gasteiger partial charge in [-0.05, 0) is 49.9 Å². The predicted octanol–water partition coefficient (Wildman–Crippen LogP) is 2.38. The van der Waals surface area contributed by atoms with E-state index in [0.29, 0.717) is 12.3 Å². The van der Waals surface area contributed by atoms with E-state index >= 15 is 0 Å². The fraction of sp³-hybridized carbons (Fsp3) is 0.875. The summed E-state index contributed by atoms with van der Waals surface area (Å²) in [7, 11) is 1.87. The second kappa shape index (κ2) is 5.38. The van der Waals surface area contributed by atoms with Crippen LogP contribution in [0.3, 0.4) is 0 Å². The zero-order valence-electron chi connectivity index (χ0n) is 12.3. The van der Waals surface area contributed by atoms with Crippen molar-refractivity contribution in [2.24, 2.45) is 29.6 Å². The lowest BCUT2D eigenvalue weighted by Gasteiger charge is -2.29. The second-order valence-corrected chi connectivity index (χ2v) is 7.14. The van der Waals surface area contributed by atoms with Crippen molar-refractivity contribution < 1.29 is 14.7 Å². The first-order valence-corrected chi connectivity index (χ1v) is 8.04. The van der Waals surface area contributed by atoms with Crippen molar-refractivity contribution in [1.82, 2.24) is 4.90 Å². The Morgan fingerprint density at radius 3 is 2.45 bits per heavy atom. The number of aliphatic carboxylic acids is 1. The summed E-state index contributed by atoms with van der Waals surface area (Å²) in [6, 6.07) is 0. The maximum Gasteiger partial charge on any atom is 0.307 e. The van der Waals surface area contributed by atoms with E-state index in [1.165, 1.54) is 25.7 Å². The molecular weight excluding hydrogens is 254 g/mol. The third-order valence-corrected chi connectivity index (χ3v) is 5.92. The molecule has 1 N–H and O–H groups in total. The number of rotatable bonds is 4. The Kier molecular flexibility index (Phi) is 3.74. The number of carboxylic acids is 1. The minimum Gasteiger partial charge on any atom is -0.481 e. The third-order valence-electron chi connectivity index (χ3n) is 5.92. The van der Waals surface area contributed by atoms with Gasteiger partial charge >= 0.3 is 5.97 Å². The first-order chi connectivity index (χ1) is 9.56. The van der Waals surface area contributed by atoms with Crippen molar-refractivity contribution in [3.05, 3.63) is 0 Å². The zero-order chi connectivity index (χ0) is 14.3. The van der Waals surface area contributed by atoms with Gasteiger partial charge in [0.25, 0.3) is 0 Å². The maximum absolute atomic E-state index is 12.5. The molecule has 0 spiro atoms. The van der Waals surface area contributed by atoms with Gasteiger partial charge in [-0.15, -0.1) is 0 Å². The highest BCUT2D eigenvalue weighted by molar-refractivity contribution is 5.85. The molecule has 2 bridgehead atoms. The molecule has 112 valence electrons. The van der Waals surface area contributed by atoms with Gasteiger partial charge in [0.15, 0.2) is 0 Å². The summed E-state index contributed by atoms with van der Waals surface area (Å²) in [4.78, 5) is 25.6. The number of amides is 1. The summed E-state index contributed by atoms with van der Waals surface area (Å²) in [5, 5.41) is 9.21. The molecule has 3 fully saturated rings. The monoisotopic (exact) mass is 279 g/mol. The minimum atomic E-state index is -0.797. The van der Waals surface area contributed by atoms with Crippen LogP contribution in [0.2, 0.25) is 0 Å². The second-order valence-electron chi connectivity index (χ2n) is 7.14. The van der Waals surface area contributed by atoms with Crippen molar-refractivity contribution in [3.63, 3.8) is 0 Å². The van der Waals surface area contributed by atoms with Gasteiger partial charge in [-0.1, -0.05) is 12.8 Å². The van der Waals surface area contributed by atoms with E-state index in [1.807, 2.05) is 11.9 Å². The Balaban J connectivity index is 1.58. The fourth-order valence-electron chi connectivity index (χ4n) is 4.88. The molecular formula is C16H25NO3. The summed E-state index contributed by atoms with van der Waals surface area (Å²) in [5.41, 5.74) is 0. The van der Waals surface area contributed by atoms with Gasteiger partial charge in [0, 0.05) is 13.6 Å². The van der Waals surface area contributed by atoms with Crippen LogP contribution in [0.25, 0.3) is 0 Å². The molecule has 20 heavy (non-hydrogen) atoms. The maximum atomic E-state index is 12.5. The van der Waals surface area contributed by atoms with Crippen LogP contribution < -0.4 is 0 Å². The van der Waals surface area contributed by atoms with E-state index in [0.717, 1.165) is 31.2 Å². The SMILES string of the molecule is CN(CC1CC2CCC1C2)C(=O)[C@@H]1CCC[C@@H]1C(=O)O. The fourth-order valence-corrected chi connectivity index (χ4v) is 4.88. The van der Waals surface area contributed by atoms with Crippen LogP contribution in [0.1, 0.15) is 44.9 Å². The largest absolute Gasteiger partial charge is 0.481 e. The lowest BCUT2D eigenvalue weighted by Crippen LogP contribution is -2.40. The molecule has 3 unspecified atom stereocenters. The van der Waals surface area contributed by atoms with Gasteiger partial charge in [-0.3, -0.25) is 9.59 Å². The van der Waals surface area contributed by atoms with Gasteiger partial charge in [-0.2, -0.15) is 0 Å². The van der Waals surface area contributed by atoms with Crippen LogP contribution in [0.15, 0.2) is 0 Å². The third kappa shape index (κ3) is 2.45. The molecule has 0 saturated heterocycles. The number of fused-ring (bicyclic) bond motifs is 2. The highest BCUT2D eigenvalue weighted by atomic mass is 16.4. The summed E-state index contributed by atoms with van der Waals surface area (Å²) in [6.45, 7) is 0.836. The molecule has 4 heteroatoms. The molecule has 5 atom stereocenters. The smallest absolute Gasteiger partial charge is 0.307 e. The Morgan fingerprint density at radius 1 is 1.10 bits per heavy atom. The molecule has 0 aromatic rings. The molecule has 3 rings (SSSR count).